The SMILES string of the molecule is C=C(N)C1=C(C=C(C)C)CCCC1. The van der Waals surface area contributed by atoms with Gasteiger partial charge in [0.05, 0.1) is 0 Å². The molecule has 0 saturated heterocycles. The van der Waals surface area contributed by atoms with Crippen molar-refractivity contribution >= 4 is 0 Å². The predicted molar refractivity (Wildman–Crippen MR) is 58.3 cm³/mol. The van der Waals surface area contributed by atoms with E-state index in [9.17, 15) is 0 Å². The summed E-state index contributed by atoms with van der Waals surface area (Å²) in [6, 6.07) is 0. The lowest BCUT2D eigenvalue weighted by Crippen LogP contribution is -2.06. The Morgan fingerprint density at radius 1 is 1.31 bits per heavy atom. The van der Waals surface area contributed by atoms with E-state index in [1.807, 2.05) is 0 Å². The van der Waals surface area contributed by atoms with Crippen molar-refractivity contribution in [3.05, 3.63) is 35.1 Å². The largest absolute Gasteiger partial charge is 0.399 e. The van der Waals surface area contributed by atoms with E-state index in [-0.39, 0.29) is 0 Å². The van der Waals surface area contributed by atoms with Crippen LogP contribution in [0.4, 0.5) is 0 Å². The van der Waals surface area contributed by atoms with Crippen LogP contribution in [0.25, 0.3) is 0 Å². The number of hydrogen-bond acceptors (Lipinski definition) is 1. The van der Waals surface area contributed by atoms with Crippen LogP contribution in [0.2, 0.25) is 0 Å². The van der Waals surface area contributed by atoms with Gasteiger partial charge in [0.2, 0.25) is 0 Å². The average Bonchev–Trinajstić information content (AvgIpc) is 2.03. The van der Waals surface area contributed by atoms with E-state index in [0.717, 1.165) is 18.5 Å². The highest BCUT2D eigenvalue weighted by Gasteiger charge is 2.11. The molecule has 0 aromatic rings. The fourth-order valence-corrected chi connectivity index (χ4v) is 1.80. The molecule has 0 bridgehead atoms. The van der Waals surface area contributed by atoms with Crippen molar-refractivity contribution < 1.29 is 0 Å². The molecule has 0 saturated carbocycles. The molecule has 0 aromatic carbocycles. The second kappa shape index (κ2) is 4.31. The molecule has 0 unspecified atom stereocenters. The molecule has 0 aromatic heterocycles. The van der Waals surface area contributed by atoms with Crippen molar-refractivity contribution in [2.75, 3.05) is 0 Å². The molecule has 1 nitrogen and oxygen atoms in total. The first-order valence-corrected chi connectivity index (χ1v) is 4.93. The van der Waals surface area contributed by atoms with Gasteiger partial charge in [-0.25, -0.2) is 0 Å². The summed E-state index contributed by atoms with van der Waals surface area (Å²) in [5.41, 5.74) is 10.5. The van der Waals surface area contributed by atoms with Crippen LogP contribution in [0, 0.1) is 0 Å². The van der Waals surface area contributed by atoms with E-state index in [0.29, 0.717) is 0 Å². The second-order valence-electron chi connectivity index (χ2n) is 3.96. The molecule has 0 radical (unpaired) electrons. The van der Waals surface area contributed by atoms with Gasteiger partial charge in [-0.3, -0.25) is 0 Å². The van der Waals surface area contributed by atoms with Gasteiger partial charge in [-0.2, -0.15) is 0 Å². The number of nitrogens with two attached hydrogens (primary N) is 1. The number of rotatable bonds is 2. The van der Waals surface area contributed by atoms with Gasteiger partial charge in [0.15, 0.2) is 0 Å². The summed E-state index contributed by atoms with van der Waals surface area (Å²) in [7, 11) is 0. The van der Waals surface area contributed by atoms with Crippen molar-refractivity contribution in [3.8, 4) is 0 Å². The normalized spacial score (nSPS) is 17.1. The van der Waals surface area contributed by atoms with Crippen molar-refractivity contribution in [1.82, 2.24) is 0 Å². The summed E-state index contributed by atoms with van der Waals surface area (Å²) in [6.45, 7) is 8.07. The van der Waals surface area contributed by atoms with Crippen molar-refractivity contribution in [2.24, 2.45) is 5.73 Å². The Bertz CT molecular complexity index is 265. The van der Waals surface area contributed by atoms with E-state index < -0.39 is 0 Å². The van der Waals surface area contributed by atoms with Gasteiger partial charge in [-0.05, 0) is 50.7 Å². The van der Waals surface area contributed by atoms with Crippen LogP contribution in [0.3, 0.4) is 0 Å². The molecule has 72 valence electrons. The van der Waals surface area contributed by atoms with Crippen molar-refractivity contribution in [1.29, 1.82) is 0 Å². The molecular formula is C12H19N. The molecule has 0 fully saturated rings. The summed E-state index contributed by atoms with van der Waals surface area (Å²) in [4.78, 5) is 0. The predicted octanol–water partition coefficient (Wildman–Crippen LogP) is 3.30. The Labute approximate surface area is 81.0 Å². The zero-order valence-corrected chi connectivity index (χ0v) is 8.69. The lowest BCUT2D eigenvalue weighted by Gasteiger charge is -2.18. The van der Waals surface area contributed by atoms with Crippen LogP contribution in [0.15, 0.2) is 35.1 Å². The molecule has 0 atom stereocenters. The minimum absolute atomic E-state index is 0.757. The molecule has 1 aliphatic rings. The van der Waals surface area contributed by atoms with Gasteiger partial charge in [0.25, 0.3) is 0 Å². The van der Waals surface area contributed by atoms with Crippen LogP contribution in [-0.2, 0) is 0 Å². The van der Waals surface area contributed by atoms with Crippen LogP contribution in [0.1, 0.15) is 39.5 Å². The maximum absolute atomic E-state index is 5.75. The maximum atomic E-state index is 5.75. The molecule has 0 amide bonds. The minimum Gasteiger partial charge on any atom is -0.399 e. The summed E-state index contributed by atoms with van der Waals surface area (Å²) in [6.07, 6.45) is 7.05. The Morgan fingerprint density at radius 3 is 2.46 bits per heavy atom. The Balaban J connectivity index is 2.97. The van der Waals surface area contributed by atoms with Gasteiger partial charge in [0.1, 0.15) is 0 Å². The fourth-order valence-electron chi connectivity index (χ4n) is 1.80. The first kappa shape index (κ1) is 10.1. The van der Waals surface area contributed by atoms with Crippen LogP contribution < -0.4 is 5.73 Å². The van der Waals surface area contributed by atoms with Gasteiger partial charge in [-0.15, -0.1) is 0 Å². The average molecular weight is 177 g/mol. The summed E-state index contributed by atoms with van der Waals surface area (Å²) in [5.74, 6) is 0. The smallest absolute Gasteiger partial charge is 0.0276 e. The number of hydrogen-bond donors (Lipinski definition) is 1. The van der Waals surface area contributed by atoms with E-state index in [4.69, 9.17) is 5.73 Å². The molecule has 2 N–H and O–H groups in total. The Hall–Kier alpha value is -0.980. The third-order valence-electron chi connectivity index (χ3n) is 2.36. The lowest BCUT2D eigenvalue weighted by molar-refractivity contribution is 0.685. The lowest BCUT2D eigenvalue weighted by atomic mass is 9.89. The highest BCUT2D eigenvalue weighted by atomic mass is 14.6. The fraction of sp³-hybridized carbons (Fsp3) is 0.500. The van der Waals surface area contributed by atoms with Crippen LogP contribution >= 0.6 is 0 Å². The molecule has 13 heavy (non-hydrogen) atoms. The van der Waals surface area contributed by atoms with E-state index in [2.05, 4.69) is 26.5 Å². The van der Waals surface area contributed by atoms with E-state index in [1.165, 1.54) is 29.6 Å². The van der Waals surface area contributed by atoms with Crippen LogP contribution in [-0.4, -0.2) is 0 Å². The van der Waals surface area contributed by atoms with E-state index in [1.54, 1.807) is 0 Å². The molecule has 1 rings (SSSR count). The third-order valence-corrected chi connectivity index (χ3v) is 2.36. The highest BCUT2D eigenvalue weighted by Crippen LogP contribution is 2.28. The Morgan fingerprint density at radius 2 is 1.92 bits per heavy atom. The van der Waals surface area contributed by atoms with Crippen molar-refractivity contribution in [2.45, 2.75) is 39.5 Å². The molecular weight excluding hydrogens is 158 g/mol. The van der Waals surface area contributed by atoms with Crippen LogP contribution in [0.5, 0.6) is 0 Å². The maximum Gasteiger partial charge on any atom is 0.0276 e. The topological polar surface area (TPSA) is 26.0 Å². The molecule has 0 aliphatic heterocycles. The summed E-state index contributed by atoms with van der Waals surface area (Å²) < 4.78 is 0. The van der Waals surface area contributed by atoms with Gasteiger partial charge >= 0.3 is 0 Å². The summed E-state index contributed by atoms with van der Waals surface area (Å²) in [5, 5.41) is 0. The summed E-state index contributed by atoms with van der Waals surface area (Å²) >= 11 is 0. The Kier molecular flexibility index (Phi) is 3.35. The molecule has 1 aliphatic carbocycles. The number of allylic oxidation sites excluding steroid dienone is 4. The van der Waals surface area contributed by atoms with Gasteiger partial charge < -0.3 is 5.73 Å². The monoisotopic (exact) mass is 177 g/mol. The van der Waals surface area contributed by atoms with Crippen molar-refractivity contribution in [3.63, 3.8) is 0 Å². The van der Waals surface area contributed by atoms with Gasteiger partial charge in [-0.1, -0.05) is 18.2 Å². The zero-order chi connectivity index (χ0) is 9.84. The zero-order valence-electron chi connectivity index (χ0n) is 8.69. The molecule has 1 heteroatoms. The second-order valence-corrected chi connectivity index (χ2v) is 3.96. The molecule has 0 heterocycles. The minimum atomic E-state index is 0.757. The highest BCUT2D eigenvalue weighted by molar-refractivity contribution is 5.39. The third kappa shape index (κ3) is 2.76. The van der Waals surface area contributed by atoms with E-state index >= 15 is 0 Å². The first-order valence-electron chi connectivity index (χ1n) is 4.93. The quantitative estimate of drug-likeness (QED) is 0.688. The standard InChI is InChI=1S/C12H19N/c1-9(2)8-11-6-4-5-7-12(11)10(3)13/h8H,3-7,13H2,1-2H3. The molecule has 0 spiro atoms. The van der Waals surface area contributed by atoms with Gasteiger partial charge in [0, 0.05) is 5.70 Å². The first-order chi connectivity index (χ1) is 6.11.